The lowest BCUT2D eigenvalue weighted by Gasteiger charge is -2.47. The van der Waals surface area contributed by atoms with Crippen molar-refractivity contribution in [1.82, 2.24) is 5.32 Å². The molecule has 1 aromatic rings. The quantitative estimate of drug-likeness (QED) is 0.701. The molecule has 2 spiro atoms. The summed E-state index contributed by atoms with van der Waals surface area (Å²) in [7, 11) is 0. The molecule has 3 heterocycles. The first-order valence-electron chi connectivity index (χ1n) is 7.48. The molecule has 0 radical (unpaired) electrons. The number of hydrogen-bond donors (Lipinski definition) is 1. The van der Waals surface area contributed by atoms with Crippen LogP contribution in [-0.4, -0.2) is 29.5 Å². The summed E-state index contributed by atoms with van der Waals surface area (Å²) in [6.07, 6.45) is 2.73. The summed E-state index contributed by atoms with van der Waals surface area (Å²) >= 11 is 8.97. The van der Waals surface area contributed by atoms with Crippen LogP contribution in [0.2, 0.25) is 0 Å². The van der Waals surface area contributed by atoms with Gasteiger partial charge >= 0.3 is 0 Å². The highest BCUT2D eigenvalue weighted by atomic mass is 79.9. The largest absolute Gasteiger partial charge is 0.484 e. The van der Waals surface area contributed by atoms with E-state index in [9.17, 15) is 0 Å². The Labute approximate surface area is 143 Å². The van der Waals surface area contributed by atoms with Crippen molar-refractivity contribution in [2.45, 2.75) is 37.5 Å². The van der Waals surface area contributed by atoms with Gasteiger partial charge in [-0.25, -0.2) is 0 Å². The highest BCUT2D eigenvalue weighted by Gasteiger charge is 2.53. The monoisotopic (exact) mass is 380 g/mol. The standard InChI is InChI=1S/C16H17BrN2O2S/c1-10-14(22)19-16(18-10)8-15(5-2-6-20-9-15)21-13-4-3-11(17)7-12(13)16/h3-4,7H,2,5-6,8-9H2,1H3,(H,19,22)/t15-,16?/m0/s1. The maximum Gasteiger partial charge on any atom is 0.164 e. The average Bonchev–Trinajstić information content (AvgIpc) is 2.76. The molecule has 0 aliphatic carbocycles. The fourth-order valence-electron chi connectivity index (χ4n) is 3.65. The second-order valence-corrected chi connectivity index (χ2v) is 7.59. The van der Waals surface area contributed by atoms with Crippen molar-refractivity contribution in [1.29, 1.82) is 0 Å². The maximum atomic E-state index is 6.37. The number of aliphatic imine (C=N–C) groups is 1. The minimum absolute atomic E-state index is 0.324. The summed E-state index contributed by atoms with van der Waals surface area (Å²) in [5.74, 6) is 0.869. The first-order chi connectivity index (χ1) is 10.5. The maximum absolute atomic E-state index is 6.37. The van der Waals surface area contributed by atoms with E-state index in [1.807, 2.05) is 19.1 Å². The molecule has 0 amide bonds. The van der Waals surface area contributed by atoms with Crippen molar-refractivity contribution in [3.05, 3.63) is 28.2 Å². The molecule has 1 unspecified atom stereocenters. The predicted molar refractivity (Wildman–Crippen MR) is 92.7 cm³/mol. The van der Waals surface area contributed by atoms with E-state index in [1.54, 1.807) is 0 Å². The van der Waals surface area contributed by atoms with Crippen molar-refractivity contribution in [2.75, 3.05) is 13.2 Å². The molecule has 0 saturated carbocycles. The highest BCUT2D eigenvalue weighted by molar-refractivity contribution is 9.10. The van der Waals surface area contributed by atoms with E-state index in [4.69, 9.17) is 26.7 Å². The Morgan fingerprint density at radius 3 is 2.95 bits per heavy atom. The number of fused-ring (bicyclic) bond motifs is 2. The smallest absolute Gasteiger partial charge is 0.164 e. The van der Waals surface area contributed by atoms with Crippen LogP contribution in [0.15, 0.2) is 27.7 Å². The topological polar surface area (TPSA) is 42.9 Å². The van der Waals surface area contributed by atoms with Gasteiger partial charge in [-0.3, -0.25) is 4.99 Å². The normalized spacial score (nSPS) is 33.4. The molecule has 3 aliphatic heterocycles. The third-order valence-electron chi connectivity index (χ3n) is 4.59. The Balaban J connectivity index is 1.86. The van der Waals surface area contributed by atoms with Gasteiger partial charge in [0.2, 0.25) is 0 Å². The molecule has 6 heteroatoms. The summed E-state index contributed by atoms with van der Waals surface area (Å²) in [6.45, 7) is 3.37. The summed E-state index contributed by atoms with van der Waals surface area (Å²) in [5, 5.41) is 3.45. The van der Waals surface area contributed by atoms with Crippen molar-refractivity contribution in [3.8, 4) is 5.75 Å². The van der Waals surface area contributed by atoms with E-state index in [1.165, 1.54) is 0 Å². The van der Waals surface area contributed by atoms with Crippen LogP contribution in [0, 0.1) is 0 Å². The number of thiocarbonyl (C=S) groups is 1. The fourth-order valence-corrected chi connectivity index (χ4v) is 4.22. The Morgan fingerprint density at radius 1 is 1.41 bits per heavy atom. The lowest BCUT2D eigenvalue weighted by Crippen LogP contribution is -2.56. The summed E-state index contributed by atoms with van der Waals surface area (Å²) in [4.78, 5) is 5.62. The lowest BCUT2D eigenvalue weighted by molar-refractivity contribution is -0.0949. The first kappa shape index (κ1) is 14.6. The zero-order chi connectivity index (χ0) is 15.4. The van der Waals surface area contributed by atoms with Gasteiger partial charge in [-0.15, -0.1) is 0 Å². The minimum atomic E-state index is -0.529. The van der Waals surface area contributed by atoms with Gasteiger partial charge < -0.3 is 14.8 Å². The molecule has 4 nitrogen and oxygen atoms in total. The third-order valence-corrected chi connectivity index (χ3v) is 5.48. The minimum Gasteiger partial charge on any atom is -0.484 e. The Kier molecular flexibility index (Phi) is 3.33. The van der Waals surface area contributed by atoms with Crippen LogP contribution in [0.5, 0.6) is 5.75 Å². The van der Waals surface area contributed by atoms with Crippen molar-refractivity contribution >= 4 is 38.8 Å². The van der Waals surface area contributed by atoms with E-state index >= 15 is 0 Å². The fraction of sp³-hybridized carbons (Fsp3) is 0.500. The second-order valence-electron chi connectivity index (χ2n) is 6.27. The molecule has 0 bridgehead atoms. The van der Waals surface area contributed by atoms with Crippen LogP contribution < -0.4 is 10.1 Å². The number of nitrogens with one attached hydrogen (secondary N) is 1. The number of rotatable bonds is 0. The van der Waals surface area contributed by atoms with E-state index < -0.39 is 5.66 Å². The highest BCUT2D eigenvalue weighted by Crippen LogP contribution is 2.49. The first-order valence-corrected chi connectivity index (χ1v) is 8.68. The molecule has 0 aromatic heterocycles. The van der Waals surface area contributed by atoms with Gasteiger partial charge in [0.25, 0.3) is 0 Å². The van der Waals surface area contributed by atoms with E-state index in [0.717, 1.165) is 52.4 Å². The van der Waals surface area contributed by atoms with Gasteiger partial charge in [0.05, 0.1) is 12.3 Å². The second kappa shape index (κ2) is 5.01. The van der Waals surface area contributed by atoms with Crippen LogP contribution in [0.4, 0.5) is 0 Å². The van der Waals surface area contributed by atoms with E-state index in [2.05, 4.69) is 27.3 Å². The van der Waals surface area contributed by atoms with Gasteiger partial charge in [-0.05, 0) is 38.0 Å². The van der Waals surface area contributed by atoms with Gasteiger partial charge in [-0.1, -0.05) is 28.1 Å². The number of benzene rings is 1. The van der Waals surface area contributed by atoms with Gasteiger partial charge in [0, 0.05) is 23.1 Å². The third kappa shape index (κ3) is 2.20. The van der Waals surface area contributed by atoms with Crippen LogP contribution in [0.25, 0.3) is 0 Å². The number of ether oxygens (including phenoxy) is 2. The molecule has 22 heavy (non-hydrogen) atoms. The molecule has 4 rings (SSSR count). The SMILES string of the molecule is CC1=NC2(C[C@]3(CCCOC3)Oc3ccc(Br)cc32)NC1=S. The summed E-state index contributed by atoms with van der Waals surface area (Å²) < 4.78 is 13.1. The van der Waals surface area contributed by atoms with Gasteiger partial charge in [0.1, 0.15) is 16.3 Å². The zero-order valence-corrected chi connectivity index (χ0v) is 14.7. The molecule has 1 aromatic carbocycles. The Hall–Kier alpha value is -0.980. The predicted octanol–water partition coefficient (Wildman–Crippen LogP) is 3.33. The molecule has 1 fully saturated rings. The van der Waals surface area contributed by atoms with Crippen molar-refractivity contribution in [2.24, 2.45) is 4.99 Å². The van der Waals surface area contributed by atoms with Crippen molar-refractivity contribution < 1.29 is 9.47 Å². The number of hydrogen-bond acceptors (Lipinski definition) is 4. The van der Waals surface area contributed by atoms with Crippen LogP contribution in [0.1, 0.15) is 31.7 Å². The molecule has 1 N–H and O–H groups in total. The molecule has 2 atom stereocenters. The van der Waals surface area contributed by atoms with Gasteiger partial charge in [-0.2, -0.15) is 0 Å². The van der Waals surface area contributed by atoms with Crippen LogP contribution in [-0.2, 0) is 10.4 Å². The molecule has 116 valence electrons. The summed E-state index contributed by atoms with van der Waals surface area (Å²) in [5.41, 5.74) is 1.07. The lowest BCUT2D eigenvalue weighted by atomic mass is 9.80. The Bertz CT molecular complexity index is 685. The van der Waals surface area contributed by atoms with Gasteiger partial charge in [0.15, 0.2) is 5.66 Å². The molecule has 3 aliphatic rings. The average molecular weight is 381 g/mol. The molecular weight excluding hydrogens is 364 g/mol. The molecular formula is C16H17BrN2O2S. The van der Waals surface area contributed by atoms with E-state index in [-0.39, 0.29) is 5.60 Å². The summed E-state index contributed by atoms with van der Waals surface area (Å²) in [6, 6.07) is 6.08. The van der Waals surface area contributed by atoms with Crippen LogP contribution in [0.3, 0.4) is 0 Å². The zero-order valence-electron chi connectivity index (χ0n) is 12.3. The number of nitrogens with zero attached hydrogens (tertiary/aromatic N) is 1. The van der Waals surface area contributed by atoms with Crippen LogP contribution >= 0.6 is 28.1 Å². The molecule has 1 saturated heterocycles. The number of halogens is 1. The Morgan fingerprint density at radius 2 is 2.27 bits per heavy atom. The van der Waals surface area contributed by atoms with E-state index in [0.29, 0.717) is 6.61 Å². The van der Waals surface area contributed by atoms with Crippen molar-refractivity contribution in [3.63, 3.8) is 0 Å².